The van der Waals surface area contributed by atoms with Crippen molar-refractivity contribution in [2.75, 3.05) is 5.32 Å². The molecule has 1 saturated carbocycles. The molecule has 0 aromatic carbocycles. The average Bonchev–Trinajstić information content (AvgIpc) is 2.49. The second-order valence-electron chi connectivity index (χ2n) is 6.25. The first-order chi connectivity index (χ1) is 10.1. The van der Waals surface area contributed by atoms with Gasteiger partial charge in [0.05, 0.1) is 0 Å². The van der Waals surface area contributed by atoms with Gasteiger partial charge in [0.1, 0.15) is 0 Å². The maximum atomic E-state index is 5.94. The summed E-state index contributed by atoms with van der Waals surface area (Å²) in [6.07, 6.45) is 6.16. The van der Waals surface area contributed by atoms with Crippen LogP contribution < -0.4 is 11.1 Å². The molecule has 2 heterocycles. The van der Waals surface area contributed by atoms with E-state index in [1.807, 2.05) is 18.3 Å². The van der Waals surface area contributed by atoms with Gasteiger partial charge >= 0.3 is 0 Å². The molecule has 112 valence electrons. The molecule has 2 aromatic rings. The summed E-state index contributed by atoms with van der Waals surface area (Å²) in [7, 11) is 0. The maximum Gasteiger partial charge on any atom is 0.224 e. The summed E-state index contributed by atoms with van der Waals surface area (Å²) in [6.45, 7) is 4.28. The third-order valence-corrected chi connectivity index (χ3v) is 4.16. The summed E-state index contributed by atoms with van der Waals surface area (Å²) in [6, 6.07) is 4.87. The zero-order valence-corrected chi connectivity index (χ0v) is 12.7. The number of nitrogens with zero attached hydrogens (tertiary/aromatic N) is 3. The van der Waals surface area contributed by atoms with Crippen LogP contribution in [0.3, 0.4) is 0 Å². The van der Waals surface area contributed by atoms with Gasteiger partial charge in [0, 0.05) is 29.4 Å². The van der Waals surface area contributed by atoms with E-state index in [-0.39, 0.29) is 0 Å². The predicted molar refractivity (Wildman–Crippen MR) is 85.3 cm³/mol. The van der Waals surface area contributed by atoms with E-state index in [0.29, 0.717) is 23.9 Å². The highest BCUT2D eigenvalue weighted by Crippen LogP contribution is 2.21. The van der Waals surface area contributed by atoms with Gasteiger partial charge in [0.2, 0.25) is 5.95 Å². The highest BCUT2D eigenvalue weighted by atomic mass is 15.1. The minimum absolute atomic E-state index is 0.357. The van der Waals surface area contributed by atoms with Gasteiger partial charge in [0.25, 0.3) is 0 Å². The Balaban J connectivity index is 1.79. The number of pyridine rings is 1. The van der Waals surface area contributed by atoms with Crippen molar-refractivity contribution in [1.29, 1.82) is 0 Å². The smallest absolute Gasteiger partial charge is 0.224 e. The van der Waals surface area contributed by atoms with Crippen molar-refractivity contribution in [3.05, 3.63) is 24.0 Å². The molecule has 0 aliphatic heterocycles. The van der Waals surface area contributed by atoms with Crippen molar-refractivity contribution in [3.8, 4) is 0 Å². The van der Waals surface area contributed by atoms with E-state index in [4.69, 9.17) is 5.73 Å². The third kappa shape index (κ3) is 3.29. The van der Waals surface area contributed by atoms with Crippen LogP contribution in [-0.2, 0) is 0 Å². The Morgan fingerprint density at radius 1 is 1.14 bits per heavy atom. The van der Waals surface area contributed by atoms with Crippen LogP contribution in [0.25, 0.3) is 11.0 Å². The molecule has 5 heteroatoms. The normalized spacial score (nSPS) is 22.7. The molecular weight excluding hydrogens is 262 g/mol. The van der Waals surface area contributed by atoms with Crippen LogP contribution in [0.1, 0.15) is 51.1 Å². The fourth-order valence-electron chi connectivity index (χ4n) is 2.76. The van der Waals surface area contributed by atoms with E-state index in [9.17, 15) is 0 Å². The first-order valence-electron chi connectivity index (χ1n) is 7.77. The van der Waals surface area contributed by atoms with Crippen molar-refractivity contribution < 1.29 is 0 Å². The topological polar surface area (TPSA) is 76.7 Å². The molecule has 3 rings (SSSR count). The Morgan fingerprint density at radius 3 is 2.62 bits per heavy atom. The fraction of sp³-hybridized carbons (Fsp3) is 0.562. The van der Waals surface area contributed by atoms with Crippen molar-refractivity contribution >= 4 is 17.0 Å². The first-order valence-corrected chi connectivity index (χ1v) is 7.77. The number of nitrogens with two attached hydrogens (primary N) is 1. The van der Waals surface area contributed by atoms with Crippen LogP contribution >= 0.6 is 0 Å². The lowest BCUT2D eigenvalue weighted by Gasteiger charge is -2.26. The highest BCUT2D eigenvalue weighted by molar-refractivity contribution is 5.74. The van der Waals surface area contributed by atoms with Crippen LogP contribution in [0.2, 0.25) is 0 Å². The van der Waals surface area contributed by atoms with Gasteiger partial charge < -0.3 is 11.1 Å². The van der Waals surface area contributed by atoms with E-state index >= 15 is 0 Å². The zero-order valence-electron chi connectivity index (χ0n) is 12.7. The summed E-state index contributed by atoms with van der Waals surface area (Å²) in [4.78, 5) is 13.6. The van der Waals surface area contributed by atoms with Crippen LogP contribution in [0, 0.1) is 0 Å². The molecule has 2 aromatic heterocycles. The summed E-state index contributed by atoms with van der Waals surface area (Å²) in [5.41, 5.74) is 7.78. The number of rotatable bonds is 3. The lowest BCUT2D eigenvalue weighted by Crippen LogP contribution is -2.33. The van der Waals surface area contributed by atoms with Gasteiger partial charge in [-0.25, -0.2) is 9.97 Å². The Bertz CT molecular complexity index is 617. The Morgan fingerprint density at radius 2 is 1.90 bits per heavy atom. The predicted octanol–water partition coefficient (Wildman–Crippen LogP) is 2.83. The Hall–Kier alpha value is -1.75. The molecule has 1 aliphatic carbocycles. The molecule has 1 fully saturated rings. The molecule has 0 atom stereocenters. The zero-order chi connectivity index (χ0) is 14.8. The van der Waals surface area contributed by atoms with Crippen molar-refractivity contribution in [2.45, 2.75) is 57.5 Å². The number of fused-ring (bicyclic) bond motifs is 1. The van der Waals surface area contributed by atoms with E-state index in [1.165, 1.54) is 0 Å². The fourth-order valence-corrected chi connectivity index (χ4v) is 2.76. The molecule has 0 bridgehead atoms. The first kappa shape index (κ1) is 14.2. The van der Waals surface area contributed by atoms with Gasteiger partial charge in [-0.3, -0.25) is 0 Å². The third-order valence-electron chi connectivity index (χ3n) is 4.16. The summed E-state index contributed by atoms with van der Waals surface area (Å²) >= 11 is 0. The number of aromatic nitrogens is 3. The number of hydrogen-bond donors (Lipinski definition) is 2. The van der Waals surface area contributed by atoms with E-state index < -0.39 is 0 Å². The SMILES string of the molecule is CC(C)c1ccc2cnc(NC3CCC(N)CC3)nc2n1. The molecule has 0 radical (unpaired) electrons. The van der Waals surface area contributed by atoms with Crippen molar-refractivity contribution in [1.82, 2.24) is 15.0 Å². The molecule has 5 nitrogen and oxygen atoms in total. The molecule has 21 heavy (non-hydrogen) atoms. The Kier molecular flexibility index (Phi) is 4.01. The number of anilines is 1. The van der Waals surface area contributed by atoms with Gasteiger partial charge in [-0.2, -0.15) is 4.98 Å². The summed E-state index contributed by atoms with van der Waals surface area (Å²) < 4.78 is 0. The van der Waals surface area contributed by atoms with Crippen LogP contribution in [0.15, 0.2) is 18.3 Å². The largest absolute Gasteiger partial charge is 0.351 e. The number of hydrogen-bond acceptors (Lipinski definition) is 5. The van der Waals surface area contributed by atoms with E-state index in [0.717, 1.165) is 42.4 Å². The molecule has 0 saturated heterocycles. The van der Waals surface area contributed by atoms with Crippen molar-refractivity contribution in [3.63, 3.8) is 0 Å². The summed E-state index contributed by atoms with van der Waals surface area (Å²) in [5.74, 6) is 1.08. The van der Waals surface area contributed by atoms with Crippen LogP contribution in [-0.4, -0.2) is 27.0 Å². The minimum atomic E-state index is 0.357. The second kappa shape index (κ2) is 5.93. The Labute approximate surface area is 125 Å². The lowest BCUT2D eigenvalue weighted by molar-refractivity contribution is 0.410. The maximum absolute atomic E-state index is 5.94. The van der Waals surface area contributed by atoms with Crippen LogP contribution in [0.4, 0.5) is 5.95 Å². The highest BCUT2D eigenvalue weighted by Gasteiger charge is 2.19. The minimum Gasteiger partial charge on any atom is -0.351 e. The van der Waals surface area contributed by atoms with E-state index in [2.05, 4.69) is 34.1 Å². The lowest BCUT2D eigenvalue weighted by atomic mass is 9.92. The number of nitrogens with one attached hydrogen (secondary N) is 1. The van der Waals surface area contributed by atoms with Gasteiger partial charge in [-0.05, 0) is 43.7 Å². The van der Waals surface area contributed by atoms with Gasteiger partial charge in [-0.15, -0.1) is 0 Å². The van der Waals surface area contributed by atoms with Crippen LogP contribution in [0.5, 0.6) is 0 Å². The molecule has 1 aliphatic rings. The molecule has 3 N–H and O–H groups in total. The molecule has 0 spiro atoms. The average molecular weight is 285 g/mol. The van der Waals surface area contributed by atoms with E-state index in [1.54, 1.807) is 0 Å². The monoisotopic (exact) mass is 285 g/mol. The van der Waals surface area contributed by atoms with Gasteiger partial charge in [0.15, 0.2) is 5.65 Å². The molecular formula is C16H23N5. The second-order valence-corrected chi connectivity index (χ2v) is 6.25. The standard InChI is InChI=1S/C16H23N5/c1-10(2)14-8-3-11-9-18-16(21-15(11)20-14)19-13-6-4-12(17)5-7-13/h3,8-10,12-13H,4-7,17H2,1-2H3,(H,18,19,20,21). The van der Waals surface area contributed by atoms with Crippen molar-refractivity contribution in [2.24, 2.45) is 5.73 Å². The molecule has 0 amide bonds. The van der Waals surface area contributed by atoms with Gasteiger partial charge in [-0.1, -0.05) is 13.8 Å². The quantitative estimate of drug-likeness (QED) is 0.906. The molecule has 0 unspecified atom stereocenters. The summed E-state index contributed by atoms with van der Waals surface area (Å²) in [5, 5.41) is 4.41.